The minimum absolute atomic E-state index is 0.136. The number of sulfonamides is 1. The molecule has 11 heteroatoms. The molecule has 25 heavy (non-hydrogen) atoms. The molecule has 1 aromatic carbocycles. The zero-order valence-electron chi connectivity index (χ0n) is 13.8. The lowest BCUT2D eigenvalue weighted by atomic mass is 10.2. The van der Waals surface area contributed by atoms with Crippen LogP contribution in [0, 0.1) is 5.82 Å². The summed E-state index contributed by atoms with van der Waals surface area (Å²) >= 11 is 0. The van der Waals surface area contributed by atoms with Crippen LogP contribution in [0.15, 0.2) is 24.5 Å². The van der Waals surface area contributed by atoms with E-state index in [1.54, 1.807) is 6.33 Å². The Hall–Kier alpha value is -2.69. The first kappa shape index (κ1) is 18.6. The molecule has 2 rings (SSSR count). The second-order valence-corrected chi connectivity index (χ2v) is 6.98. The molecule has 3 N–H and O–H groups in total. The predicted octanol–water partition coefficient (Wildman–Crippen LogP) is 1.17. The highest BCUT2D eigenvalue weighted by Gasteiger charge is 2.10. The zero-order valence-corrected chi connectivity index (χ0v) is 14.6. The third-order valence-electron chi connectivity index (χ3n) is 3.19. The summed E-state index contributed by atoms with van der Waals surface area (Å²) in [6, 6.07) is 2.91. The number of aromatic nitrogens is 3. The maximum Gasteiger partial charge on any atom is 0.319 e. The lowest BCUT2D eigenvalue weighted by Gasteiger charge is -2.10. The first-order chi connectivity index (χ1) is 11.8. The van der Waals surface area contributed by atoms with Crippen molar-refractivity contribution in [2.45, 2.75) is 19.9 Å². The number of carbonyl (C=O) groups is 1. The molecule has 9 nitrogen and oxygen atoms in total. The molecule has 0 bridgehead atoms. The molecule has 0 radical (unpaired) electrons. The number of nitrogens with one attached hydrogen (secondary N) is 3. The van der Waals surface area contributed by atoms with E-state index >= 15 is 0 Å². The SMILES string of the molecule is CCn1cnnc1CCNC(=O)Nc1cc(NS(C)(=O)=O)ccc1F. The molecule has 0 fully saturated rings. The maximum absolute atomic E-state index is 13.8. The fraction of sp³-hybridized carbons (Fsp3) is 0.357. The van der Waals surface area contributed by atoms with Gasteiger partial charge in [0.2, 0.25) is 10.0 Å². The van der Waals surface area contributed by atoms with E-state index in [1.165, 1.54) is 12.1 Å². The van der Waals surface area contributed by atoms with Gasteiger partial charge in [0.05, 0.1) is 17.6 Å². The Morgan fingerprint density at radius 3 is 2.80 bits per heavy atom. The quantitative estimate of drug-likeness (QED) is 0.676. The summed E-state index contributed by atoms with van der Waals surface area (Å²) in [5.74, 6) is 0.0493. The zero-order chi connectivity index (χ0) is 18.4. The molecule has 0 aliphatic rings. The number of anilines is 2. The molecule has 2 aromatic rings. The Bertz CT molecular complexity index is 852. The normalized spacial score (nSPS) is 11.2. The topological polar surface area (TPSA) is 118 Å². The van der Waals surface area contributed by atoms with Crippen LogP contribution in [0.25, 0.3) is 0 Å². The van der Waals surface area contributed by atoms with Crippen molar-refractivity contribution < 1.29 is 17.6 Å². The number of rotatable bonds is 7. The van der Waals surface area contributed by atoms with Crippen molar-refractivity contribution in [2.75, 3.05) is 22.8 Å². The third kappa shape index (κ3) is 5.71. The van der Waals surface area contributed by atoms with Gasteiger partial charge in [0.25, 0.3) is 0 Å². The molecule has 0 aliphatic carbocycles. The summed E-state index contributed by atoms with van der Waals surface area (Å²) in [7, 11) is -3.50. The van der Waals surface area contributed by atoms with Gasteiger partial charge < -0.3 is 15.2 Å². The van der Waals surface area contributed by atoms with E-state index in [2.05, 4.69) is 25.6 Å². The number of aryl methyl sites for hydroxylation is 1. The average Bonchev–Trinajstić information content (AvgIpc) is 2.96. The molecule has 136 valence electrons. The molecular weight excluding hydrogens is 351 g/mol. The number of benzene rings is 1. The molecule has 0 unspecified atom stereocenters. The second kappa shape index (κ2) is 7.92. The van der Waals surface area contributed by atoms with Crippen LogP contribution in [-0.2, 0) is 23.0 Å². The number of carbonyl (C=O) groups excluding carboxylic acids is 1. The van der Waals surface area contributed by atoms with E-state index in [9.17, 15) is 17.6 Å². The van der Waals surface area contributed by atoms with Crippen molar-refractivity contribution >= 4 is 27.4 Å². The fourth-order valence-corrected chi connectivity index (χ4v) is 2.64. The van der Waals surface area contributed by atoms with Crippen molar-refractivity contribution in [3.8, 4) is 0 Å². The Balaban J connectivity index is 1.92. The molecule has 1 aromatic heterocycles. The smallest absolute Gasteiger partial charge is 0.319 e. The third-order valence-corrected chi connectivity index (χ3v) is 3.79. The maximum atomic E-state index is 13.8. The van der Waals surface area contributed by atoms with Gasteiger partial charge in [0.15, 0.2) is 0 Å². The number of halogens is 1. The summed E-state index contributed by atoms with van der Waals surface area (Å²) in [5.41, 5.74) is 0.0122. The van der Waals surface area contributed by atoms with Gasteiger partial charge in [-0.3, -0.25) is 4.72 Å². The van der Waals surface area contributed by atoms with Crippen molar-refractivity contribution in [3.63, 3.8) is 0 Å². The van der Waals surface area contributed by atoms with Gasteiger partial charge in [-0.15, -0.1) is 10.2 Å². The van der Waals surface area contributed by atoms with Crippen molar-refractivity contribution in [2.24, 2.45) is 0 Å². The highest BCUT2D eigenvalue weighted by Crippen LogP contribution is 2.20. The van der Waals surface area contributed by atoms with E-state index in [4.69, 9.17) is 0 Å². The van der Waals surface area contributed by atoms with Crippen LogP contribution >= 0.6 is 0 Å². The minimum atomic E-state index is -3.50. The number of amides is 2. The highest BCUT2D eigenvalue weighted by molar-refractivity contribution is 7.92. The first-order valence-electron chi connectivity index (χ1n) is 7.47. The van der Waals surface area contributed by atoms with Crippen LogP contribution in [0.5, 0.6) is 0 Å². The lowest BCUT2D eigenvalue weighted by Crippen LogP contribution is -2.31. The van der Waals surface area contributed by atoms with Gasteiger partial charge in [-0.05, 0) is 25.1 Å². The molecule has 0 aliphatic heterocycles. The Labute approximate surface area is 144 Å². The van der Waals surface area contributed by atoms with Gasteiger partial charge >= 0.3 is 6.03 Å². The number of hydrogen-bond acceptors (Lipinski definition) is 5. The summed E-state index contributed by atoms with van der Waals surface area (Å²) < 4.78 is 40.2. The van der Waals surface area contributed by atoms with Gasteiger partial charge in [0.1, 0.15) is 18.0 Å². The second-order valence-electron chi connectivity index (χ2n) is 5.23. The van der Waals surface area contributed by atoms with E-state index in [1.807, 2.05) is 11.5 Å². The predicted molar refractivity (Wildman–Crippen MR) is 91.3 cm³/mol. The fourth-order valence-electron chi connectivity index (χ4n) is 2.09. The standard InChI is InChI=1S/C14H19FN6O3S/c1-3-21-9-17-19-13(21)6-7-16-14(22)18-12-8-10(4-5-11(12)15)20-25(2,23)24/h4-5,8-9,20H,3,6-7H2,1-2H3,(H2,16,18,22). The molecule has 1 heterocycles. The number of hydrogen-bond donors (Lipinski definition) is 3. The molecular formula is C14H19FN6O3S. The average molecular weight is 370 g/mol. The minimum Gasteiger partial charge on any atom is -0.337 e. The molecule has 0 saturated heterocycles. The van der Waals surface area contributed by atoms with E-state index in [0.29, 0.717) is 6.42 Å². The summed E-state index contributed by atoms with van der Waals surface area (Å²) in [6.45, 7) is 2.96. The van der Waals surface area contributed by atoms with Gasteiger partial charge in [-0.1, -0.05) is 0 Å². The molecule has 0 saturated carbocycles. The molecule has 0 atom stereocenters. The number of urea groups is 1. The summed E-state index contributed by atoms with van der Waals surface area (Å²) in [5, 5.41) is 12.7. The van der Waals surface area contributed by atoms with Gasteiger partial charge in [0, 0.05) is 19.5 Å². The van der Waals surface area contributed by atoms with Gasteiger partial charge in [-0.25, -0.2) is 17.6 Å². The first-order valence-corrected chi connectivity index (χ1v) is 9.36. The van der Waals surface area contributed by atoms with E-state index in [0.717, 1.165) is 24.7 Å². The van der Waals surface area contributed by atoms with Crippen LogP contribution in [0.2, 0.25) is 0 Å². The number of nitrogens with zero attached hydrogens (tertiary/aromatic N) is 3. The molecule has 2 amide bonds. The van der Waals surface area contributed by atoms with Crippen molar-refractivity contribution in [3.05, 3.63) is 36.2 Å². The largest absolute Gasteiger partial charge is 0.337 e. The van der Waals surface area contributed by atoms with Crippen molar-refractivity contribution in [1.29, 1.82) is 0 Å². The Kier molecular flexibility index (Phi) is 5.91. The Morgan fingerprint density at radius 1 is 1.36 bits per heavy atom. The van der Waals surface area contributed by atoms with Crippen LogP contribution in [-0.4, -0.2) is 42.0 Å². The monoisotopic (exact) mass is 370 g/mol. The molecule has 0 spiro atoms. The highest BCUT2D eigenvalue weighted by atomic mass is 32.2. The van der Waals surface area contributed by atoms with Crippen molar-refractivity contribution in [1.82, 2.24) is 20.1 Å². The van der Waals surface area contributed by atoms with Crippen LogP contribution < -0.4 is 15.4 Å². The van der Waals surface area contributed by atoms with E-state index < -0.39 is 21.9 Å². The lowest BCUT2D eigenvalue weighted by molar-refractivity contribution is 0.252. The summed E-state index contributed by atoms with van der Waals surface area (Å²) in [6.07, 6.45) is 3.05. The Morgan fingerprint density at radius 2 is 2.12 bits per heavy atom. The van der Waals surface area contributed by atoms with Gasteiger partial charge in [-0.2, -0.15) is 0 Å². The van der Waals surface area contributed by atoms with E-state index in [-0.39, 0.29) is 17.9 Å². The summed E-state index contributed by atoms with van der Waals surface area (Å²) in [4.78, 5) is 11.9. The van der Waals surface area contributed by atoms with Crippen LogP contribution in [0.4, 0.5) is 20.6 Å². The van der Waals surface area contributed by atoms with Crippen LogP contribution in [0.3, 0.4) is 0 Å². The van der Waals surface area contributed by atoms with Crippen LogP contribution in [0.1, 0.15) is 12.7 Å².